The van der Waals surface area contributed by atoms with Crippen molar-refractivity contribution >= 4 is 5.78 Å². The molecule has 22 heavy (non-hydrogen) atoms. The molecule has 1 N–H and O–H groups in total. The molecule has 124 valence electrons. The average Bonchev–Trinajstić information content (AvgIpc) is 2.96. The number of ketones is 1. The van der Waals surface area contributed by atoms with E-state index in [2.05, 4.69) is 0 Å². The second-order valence-corrected chi connectivity index (χ2v) is 7.78. The molecule has 2 saturated carbocycles. The first-order valence-corrected chi connectivity index (χ1v) is 8.60. The number of hydrogen-bond acceptors (Lipinski definition) is 4. The van der Waals surface area contributed by atoms with Gasteiger partial charge in [0.1, 0.15) is 5.60 Å². The number of rotatable bonds is 4. The summed E-state index contributed by atoms with van der Waals surface area (Å²) in [7, 11) is 0. The van der Waals surface area contributed by atoms with Crippen molar-refractivity contribution in [3.05, 3.63) is 11.5 Å². The van der Waals surface area contributed by atoms with Crippen LogP contribution in [0.25, 0.3) is 0 Å². The molecule has 0 radical (unpaired) electrons. The molecule has 3 aliphatic carbocycles. The topological polar surface area (TPSA) is 55.8 Å². The van der Waals surface area contributed by atoms with Crippen LogP contribution in [0, 0.1) is 17.3 Å². The third-order valence-electron chi connectivity index (χ3n) is 5.72. The summed E-state index contributed by atoms with van der Waals surface area (Å²) in [6.45, 7) is 9.68. The first-order chi connectivity index (χ1) is 10.2. The number of carbonyl (C=O) groups is 1. The summed E-state index contributed by atoms with van der Waals surface area (Å²) < 4.78 is 11.8. The molecule has 0 aromatic heterocycles. The van der Waals surface area contributed by atoms with Gasteiger partial charge in [-0.05, 0) is 58.8 Å². The van der Waals surface area contributed by atoms with Gasteiger partial charge in [-0.25, -0.2) is 0 Å². The maximum absolute atomic E-state index is 13.2. The molecule has 0 heterocycles. The summed E-state index contributed by atoms with van der Waals surface area (Å²) in [6.07, 6.45) is 3.44. The Morgan fingerprint density at radius 2 is 1.82 bits per heavy atom. The molecule has 2 fully saturated rings. The molecule has 1 spiro atoms. The third-order valence-corrected chi connectivity index (χ3v) is 5.72. The van der Waals surface area contributed by atoms with E-state index in [0.29, 0.717) is 5.76 Å². The summed E-state index contributed by atoms with van der Waals surface area (Å²) in [5, 5.41) is 11.6. The molecule has 3 rings (SSSR count). The Balaban J connectivity index is 2.14. The predicted octanol–water partition coefficient (Wildman–Crippen LogP) is 3.19. The molecule has 0 aromatic rings. The van der Waals surface area contributed by atoms with Gasteiger partial charge in [-0.2, -0.15) is 0 Å². The van der Waals surface area contributed by atoms with Crippen molar-refractivity contribution in [3.63, 3.8) is 0 Å². The van der Waals surface area contributed by atoms with Crippen LogP contribution in [-0.4, -0.2) is 28.7 Å². The van der Waals surface area contributed by atoms with E-state index in [1.807, 2.05) is 34.6 Å². The van der Waals surface area contributed by atoms with Crippen LogP contribution in [0.3, 0.4) is 0 Å². The van der Waals surface area contributed by atoms with E-state index in [0.717, 1.165) is 25.7 Å². The maximum atomic E-state index is 13.2. The Labute approximate surface area is 132 Å². The van der Waals surface area contributed by atoms with Gasteiger partial charge in [0, 0.05) is 0 Å². The Bertz CT molecular complexity index is 521. The zero-order chi connectivity index (χ0) is 16.3. The molecule has 0 amide bonds. The standard InChI is InChI=1S/C18H28O4/c1-10(2)21-14-15(19)17-8-6-7-13(17)9-12(5)18(17,20)16(14)22-11(3)4/h10-13,20H,6-9H2,1-5H3/t12-,13-,17-,18-/m0/s1. The van der Waals surface area contributed by atoms with Crippen molar-refractivity contribution in [1.29, 1.82) is 0 Å². The summed E-state index contributed by atoms with van der Waals surface area (Å²) in [6, 6.07) is 0. The van der Waals surface area contributed by atoms with Crippen molar-refractivity contribution in [2.75, 3.05) is 0 Å². The van der Waals surface area contributed by atoms with Gasteiger partial charge in [0.25, 0.3) is 0 Å². The molecular weight excluding hydrogens is 280 g/mol. The minimum atomic E-state index is -1.19. The highest BCUT2D eigenvalue weighted by Gasteiger charge is 2.75. The first-order valence-electron chi connectivity index (χ1n) is 8.60. The fourth-order valence-electron chi connectivity index (χ4n) is 5.03. The van der Waals surface area contributed by atoms with E-state index in [1.54, 1.807) is 0 Å². The lowest BCUT2D eigenvalue weighted by molar-refractivity contribution is -0.142. The zero-order valence-corrected chi connectivity index (χ0v) is 14.3. The second kappa shape index (κ2) is 4.98. The molecule has 0 aromatic carbocycles. The van der Waals surface area contributed by atoms with Crippen LogP contribution in [-0.2, 0) is 14.3 Å². The van der Waals surface area contributed by atoms with Gasteiger partial charge in [-0.15, -0.1) is 0 Å². The second-order valence-electron chi connectivity index (χ2n) is 7.78. The van der Waals surface area contributed by atoms with Crippen molar-refractivity contribution in [2.45, 2.75) is 78.1 Å². The van der Waals surface area contributed by atoms with Crippen LogP contribution in [0.15, 0.2) is 11.5 Å². The van der Waals surface area contributed by atoms with Crippen molar-refractivity contribution in [2.24, 2.45) is 17.3 Å². The summed E-state index contributed by atoms with van der Waals surface area (Å²) in [5.74, 6) is 0.928. The Morgan fingerprint density at radius 1 is 1.18 bits per heavy atom. The molecule has 0 bridgehead atoms. The minimum absolute atomic E-state index is 0.0174. The molecule has 0 aliphatic heterocycles. The number of allylic oxidation sites excluding steroid dienone is 1. The third kappa shape index (κ3) is 1.76. The van der Waals surface area contributed by atoms with Gasteiger partial charge >= 0.3 is 0 Å². The van der Waals surface area contributed by atoms with E-state index in [9.17, 15) is 9.90 Å². The number of Topliss-reactive ketones (excluding diaryl/α,β-unsaturated/α-hetero) is 1. The SMILES string of the molecule is CC(C)OC1=C(OC(C)C)[C@@]2(O)[C@@H](C)C[C@@H]3CCC[C@@]32C1=O. The van der Waals surface area contributed by atoms with Crippen LogP contribution in [0.2, 0.25) is 0 Å². The van der Waals surface area contributed by atoms with Gasteiger partial charge in [-0.1, -0.05) is 13.3 Å². The molecule has 4 heteroatoms. The van der Waals surface area contributed by atoms with Gasteiger partial charge in [0.05, 0.1) is 17.6 Å². The monoisotopic (exact) mass is 308 g/mol. The lowest BCUT2D eigenvalue weighted by Crippen LogP contribution is -2.50. The highest BCUT2D eigenvalue weighted by Crippen LogP contribution is 2.68. The molecule has 4 nitrogen and oxygen atoms in total. The van der Waals surface area contributed by atoms with Gasteiger partial charge in [0.15, 0.2) is 5.76 Å². The first kappa shape index (κ1) is 15.9. The van der Waals surface area contributed by atoms with Crippen LogP contribution in [0.1, 0.15) is 60.3 Å². The van der Waals surface area contributed by atoms with Gasteiger partial charge in [0.2, 0.25) is 11.5 Å². The molecule has 0 saturated heterocycles. The minimum Gasteiger partial charge on any atom is -0.488 e. The van der Waals surface area contributed by atoms with Gasteiger partial charge in [-0.3, -0.25) is 4.79 Å². The molecular formula is C18H28O4. The van der Waals surface area contributed by atoms with Crippen LogP contribution in [0.5, 0.6) is 0 Å². The highest BCUT2D eigenvalue weighted by atomic mass is 16.5. The van der Waals surface area contributed by atoms with E-state index < -0.39 is 11.0 Å². The number of carbonyl (C=O) groups excluding carboxylic acids is 1. The molecule has 0 unspecified atom stereocenters. The normalized spacial score (nSPS) is 40.6. The Kier molecular flexibility index (Phi) is 3.59. The number of aliphatic hydroxyl groups is 1. The van der Waals surface area contributed by atoms with E-state index in [4.69, 9.17) is 9.47 Å². The van der Waals surface area contributed by atoms with Crippen molar-refractivity contribution < 1.29 is 19.4 Å². The average molecular weight is 308 g/mol. The highest BCUT2D eigenvalue weighted by molar-refractivity contribution is 6.04. The number of ether oxygens (including phenoxy) is 2. The lowest BCUT2D eigenvalue weighted by atomic mass is 9.69. The summed E-state index contributed by atoms with van der Waals surface area (Å²) in [5.41, 5.74) is -1.90. The summed E-state index contributed by atoms with van der Waals surface area (Å²) >= 11 is 0. The fourth-order valence-corrected chi connectivity index (χ4v) is 5.03. The van der Waals surface area contributed by atoms with E-state index in [1.165, 1.54) is 0 Å². The largest absolute Gasteiger partial charge is 0.488 e. The number of hydrogen-bond donors (Lipinski definition) is 1. The smallest absolute Gasteiger partial charge is 0.210 e. The van der Waals surface area contributed by atoms with Crippen LogP contribution in [0.4, 0.5) is 0 Å². The zero-order valence-electron chi connectivity index (χ0n) is 14.3. The quantitative estimate of drug-likeness (QED) is 0.866. The summed E-state index contributed by atoms with van der Waals surface area (Å²) in [4.78, 5) is 13.2. The maximum Gasteiger partial charge on any atom is 0.210 e. The van der Waals surface area contributed by atoms with E-state index >= 15 is 0 Å². The van der Waals surface area contributed by atoms with Crippen molar-refractivity contribution in [1.82, 2.24) is 0 Å². The van der Waals surface area contributed by atoms with Gasteiger partial charge < -0.3 is 14.6 Å². The predicted molar refractivity (Wildman–Crippen MR) is 83.0 cm³/mol. The van der Waals surface area contributed by atoms with Crippen LogP contribution < -0.4 is 0 Å². The lowest BCUT2D eigenvalue weighted by Gasteiger charge is -2.38. The van der Waals surface area contributed by atoms with Crippen molar-refractivity contribution in [3.8, 4) is 0 Å². The van der Waals surface area contributed by atoms with Crippen LogP contribution >= 0.6 is 0 Å². The Hall–Kier alpha value is -1.03. The van der Waals surface area contributed by atoms with E-state index in [-0.39, 0.29) is 35.6 Å². The molecule has 4 atom stereocenters. The Morgan fingerprint density at radius 3 is 2.41 bits per heavy atom. The fraction of sp³-hybridized carbons (Fsp3) is 0.833. The molecule has 3 aliphatic rings.